The first-order valence-electron chi connectivity index (χ1n) is 12.4. The van der Waals surface area contributed by atoms with Gasteiger partial charge < -0.3 is 19.4 Å². The molecule has 0 spiro atoms. The largest absolute Gasteiger partial charge is 0.491 e. The normalized spacial score (nSPS) is 17.0. The molecule has 184 valence electrons. The number of methoxy groups -OCH3 is 1. The maximum Gasteiger partial charge on any atom is 0.308 e. The van der Waals surface area contributed by atoms with Crippen LogP contribution >= 0.6 is 0 Å². The third-order valence-electron chi connectivity index (χ3n) is 7.00. The standard InChI is InChI=1S/C27H32N4O4/c1-34-27(33)20-10-12-30(13-11-20)17-19-6-7-24-21(16-19)18-31(14-15-35-24)26(32)9-8-25-28-22-4-2-3-5-23(22)29-25/h2-7,16,20H,8-15,17-18H2,1H3,(H,28,29). The SMILES string of the molecule is COC(=O)C1CCN(Cc2ccc3c(c2)CN(C(=O)CCc2nc4ccccc4[nH]2)CCO3)CC1. The van der Waals surface area contributed by atoms with Crippen LogP contribution in [0.4, 0.5) is 0 Å². The highest BCUT2D eigenvalue weighted by Gasteiger charge is 2.26. The van der Waals surface area contributed by atoms with E-state index in [1.165, 1.54) is 12.7 Å². The van der Waals surface area contributed by atoms with E-state index in [9.17, 15) is 9.59 Å². The molecule has 35 heavy (non-hydrogen) atoms. The lowest BCUT2D eigenvalue weighted by molar-refractivity contribution is -0.147. The molecule has 2 aliphatic rings. The summed E-state index contributed by atoms with van der Waals surface area (Å²) in [7, 11) is 1.46. The highest BCUT2D eigenvalue weighted by Crippen LogP contribution is 2.27. The maximum absolute atomic E-state index is 13.0. The van der Waals surface area contributed by atoms with Crippen molar-refractivity contribution in [2.24, 2.45) is 5.92 Å². The number of nitrogens with zero attached hydrogens (tertiary/aromatic N) is 3. The van der Waals surface area contributed by atoms with Crippen LogP contribution in [0.1, 0.15) is 36.2 Å². The topological polar surface area (TPSA) is 87.8 Å². The number of likely N-dealkylation sites (tertiary alicyclic amines) is 1. The Balaban J connectivity index is 1.19. The van der Waals surface area contributed by atoms with E-state index in [0.717, 1.165) is 60.6 Å². The zero-order chi connectivity index (χ0) is 24.2. The first-order valence-corrected chi connectivity index (χ1v) is 12.4. The van der Waals surface area contributed by atoms with Crippen molar-refractivity contribution in [2.45, 2.75) is 38.8 Å². The lowest BCUT2D eigenvalue weighted by Crippen LogP contribution is -2.36. The second-order valence-corrected chi connectivity index (χ2v) is 9.38. The van der Waals surface area contributed by atoms with Gasteiger partial charge in [-0.15, -0.1) is 0 Å². The monoisotopic (exact) mass is 476 g/mol. The third kappa shape index (κ3) is 5.48. The van der Waals surface area contributed by atoms with Crippen LogP contribution in [0.3, 0.4) is 0 Å². The number of hydrogen-bond donors (Lipinski definition) is 1. The van der Waals surface area contributed by atoms with Crippen LogP contribution in [0.2, 0.25) is 0 Å². The molecule has 1 N–H and O–H groups in total. The number of para-hydroxylation sites is 2. The molecule has 8 heteroatoms. The molecule has 0 saturated carbocycles. The van der Waals surface area contributed by atoms with Crippen LogP contribution in [0, 0.1) is 5.92 Å². The summed E-state index contributed by atoms with van der Waals surface area (Å²) in [5.41, 5.74) is 4.16. The molecule has 2 aromatic carbocycles. The number of imidazole rings is 1. The van der Waals surface area contributed by atoms with Gasteiger partial charge in [0.15, 0.2) is 0 Å². The number of H-pyrrole nitrogens is 1. The predicted octanol–water partition coefficient (Wildman–Crippen LogP) is 3.30. The third-order valence-corrected chi connectivity index (χ3v) is 7.00. The van der Waals surface area contributed by atoms with Crippen LogP contribution in [0.5, 0.6) is 5.75 Å². The maximum atomic E-state index is 13.0. The van der Waals surface area contributed by atoms with Crippen LogP contribution in [0.15, 0.2) is 42.5 Å². The number of carbonyl (C=O) groups is 2. The second-order valence-electron chi connectivity index (χ2n) is 9.38. The van der Waals surface area contributed by atoms with Crippen LogP contribution < -0.4 is 4.74 Å². The van der Waals surface area contributed by atoms with Gasteiger partial charge in [-0.1, -0.05) is 18.2 Å². The number of aryl methyl sites for hydroxylation is 1. The molecule has 1 saturated heterocycles. The minimum atomic E-state index is -0.100. The summed E-state index contributed by atoms with van der Waals surface area (Å²) >= 11 is 0. The Morgan fingerprint density at radius 1 is 1.14 bits per heavy atom. The number of benzene rings is 2. The van der Waals surface area contributed by atoms with Crippen molar-refractivity contribution in [2.75, 3.05) is 33.4 Å². The van der Waals surface area contributed by atoms with E-state index < -0.39 is 0 Å². The Morgan fingerprint density at radius 2 is 1.97 bits per heavy atom. The first kappa shape index (κ1) is 23.4. The Labute approximate surface area is 205 Å². The molecule has 1 fully saturated rings. The fraction of sp³-hybridized carbons (Fsp3) is 0.444. The van der Waals surface area contributed by atoms with Gasteiger partial charge in [0.25, 0.3) is 0 Å². The predicted molar refractivity (Wildman–Crippen MR) is 132 cm³/mol. The number of piperidine rings is 1. The van der Waals surface area contributed by atoms with Crippen molar-refractivity contribution in [3.63, 3.8) is 0 Å². The molecule has 1 amide bonds. The van der Waals surface area contributed by atoms with Crippen LogP contribution in [-0.2, 0) is 33.8 Å². The number of rotatable bonds is 6. The van der Waals surface area contributed by atoms with E-state index >= 15 is 0 Å². The van der Waals surface area contributed by atoms with Crippen molar-refractivity contribution in [1.29, 1.82) is 0 Å². The molecular formula is C27H32N4O4. The Morgan fingerprint density at radius 3 is 2.77 bits per heavy atom. The Bertz CT molecular complexity index is 1170. The van der Waals surface area contributed by atoms with E-state index in [-0.39, 0.29) is 17.8 Å². The smallest absolute Gasteiger partial charge is 0.308 e. The quantitative estimate of drug-likeness (QED) is 0.550. The zero-order valence-corrected chi connectivity index (χ0v) is 20.2. The number of carbonyl (C=O) groups excluding carboxylic acids is 2. The summed E-state index contributed by atoms with van der Waals surface area (Å²) in [5, 5.41) is 0. The Hall–Kier alpha value is -3.39. The summed E-state index contributed by atoms with van der Waals surface area (Å²) in [6, 6.07) is 14.2. The summed E-state index contributed by atoms with van der Waals surface area (Å²) in [6.45, 7) is 4.18. The van der Waals surface area contributed by atoms with E-state index in [1.807, 2.05) is 35.2 Å². The number of hydrogen-bond acceptors (Lipinski definition) is 6. The van der Waals surface area contributed by atoms with Crippen LogP contribution in [0.25, 0.3) is 11.0 Å². The van der Waals surface area contributed by atoms with Crippen LogP contribution in [-0.4, -0.2) is 65.0 Å². The van der Waals surface area contributed by atoms with E-state index in [2.05, 4.69) is 27.0 Å². The highest BCUT2D eigenvalue weighted by atomic mass is 16.5. The van der Waals surface area contributed by atoms with Crippen molar-refractivity contribution < 1.29 is 19.1 Å². The number of ether oxygens (including phenoxy) is 2. The molecule has 2 aliphatic heterocycles. The van der Waals surface area contributed by atoms with Crippen molar-refractivity contribution in [3.05, 3.63) is 59.4 Å². The fourth-order valence-corrected chi connectivity index (χ4v) is 5.02. The molecule has 3 aromatic rings. The molecule has 1 aromatic heterocycles. The van der Waals surface area contributed by atoms with Crippen molar-refractivity contribution >= 4 is 22.9 Å². The minimum absolute atomic E-state index is 0.0100. The molecule has 3 heterocycles. The second kappa shape index (κ2) is 10.5. The summed E-state index contributed by atoms with van der Waals surface area (Å²) in [5.74, 6) is 1.71. The van der Waals surface area contributed by atoms with Gasteiger partial charge in [0.05, 0.1) is 30.6 Å². The molecule has 0 radical (unpaired) electrons. The average molecular weight is 477 g/mol. The first-order chi connectivity index (χ1) is 17.1. The summed E-state index contributed by atoms with van der Waals surface area (Å²) in [6.07, 6.45) is 2.64. The van der Waals surface area contributed by atoms with Gasteiger partial charge in [-0.3, -0.25) is 14.5 Å². The van der Waals surface area contributed by atoms with E-state index in [1.54, 1.807) is 0 Å². The highest BCUT2D eigenvalue weighted by molar-refractivity contribution is 5.77. The number of amides is 1. The minimum Gasteiger partial charge on any atom is -0.491 e. The summed E-state index contributed by atoms with van der Waals surface area (Å²) in [4.78, 5) is 37.0. The van der Waals surface area contributed by atoms with Gasteiger partial charge in [-0.25, -0.2) is 4.98 Å². The van der Waals surface area contributed by atoms with E-state index in [0.29, 0.717) is 32.5 Å². The zero-order valence-electron chi connectivity index (χ0n) is 20.2. The number of aromatic nitrogens is 2. The molecule has 0 atom stereocenters. The van der Waals surface area contributed by atoms with Gasteiger partial charge in [-0.05, 0) is 55.8 Å². The lowest BCUT2D eigenvalue weighted by atomic mass is 9.96. The number of nitrogens with one attached hydrogen (secondary N) is 1. The molecule has 0 unspecified atom stereocenters. The van der Waals surface area contributed by atoms with Crippen molar-refractivity contribution in [1.82, 2.24) is 19.8 Å². The van der Waals surface area contributed by atoms with Gasteiger partial charge >= 0.3 is 5.97 Å². The lowest BCUT2D eigenvalue weighted by Gasteiger charge is -2.30. The average Bonchev–Trinajstić information content (AvgIpc) is 3.19. The molecule has 8 nitrogen and oxygen atoms in total. The number of esters is 1. The number of fused-ring (bicyclic) bond motifs is 2. The van der Waals surface area contributed by atoms with Gasteiger partial charge in [0.2, 0.25) is 5.91 Å². The Kier molecular flexibility index (Phi) is 6.99. The van der Waals surface area contributed by atoms with Gasteiger partial charge in [-0.2, -0.15) is 0 Å². The van der Waals surface area contributed by atoms with Gasteiger partial charge in [0.1, 0.15) is 18.2 Å². The molecule has 0 bridgehead atoms. The van der Waals surface area contributed by atoms with Crippen molar-refractivity contribution in [3.8, 4) is 5.75 Å². The molecule has 5 rings (SSSR count). The van der Waals surface area contributed by atoms with Gasteiger partial charge in [0, 0.05) is 31.5 Å². The summed E-state index contributed by atoms with van der Waals surface area (Å²) < 4.78 is 10.8. The van der Waals surface area contributed by atoms with E-state index in [4.69, 9.17) is 9.47 Å². The fourth-order valence-electron chi connectivity index (χ4n) is 5.02. The molecular weight excluding hydrogens is 444 g/mol. The number of aromatic amines is 1. The molecule has 0 aliphatic carbocycles.